The molecule has 2 aromatic heterocycles. The van der Waals surface area contributed by atoms with Gasteiger partial charge in [-0.25, -0.2) is 14.0 Å². The number of nitrogens with two attached hydrogens (primary N) is 1. The number of rotatable bonds is 7. The number of halogens is 2. The average Bonchev–Trinajstić information content (AvgIpc) is 3.14. The highest BCUT2D eigenvalue weighted by molar-refractivity contribution is 6.33. The number of benzene rings is 1. The monoisotopic (exact) mass is 492 g/mol. The first-order valence-corrected chi connectivity index (χ1v) is 10.5. The highest BCUT2D eigenvalue weighted by Gasteiger charge is 2.28. The molecule has 180 valence electrons. The van der Waals surface area contributed by atoms with Crippen molar-refractivity contribution in [3.63, 3.8) is 0 Å². The maximum absolute atomic E-state index is 14.4. The number of nitrogens with zero attached hydrogens (tertiary/aromatic N) is 3. The van der Waals surface area contributed by atoms with E-state index in [-0.39, 0.29) is 45.9 Å². The zero-order valence-corrected chi connectivity index (χ0v) is 19.6. The normalized spacial score (nSPS) is 11.1. The lowest BCUT2D eigenvalue weighted by Crippen LogP contribution is -2.43. The molecule has 0 fully saturated rings. The molecule has 0 amide bonds. The average molecular weight is 493 g/mol. The Morgan fingerprint density at radius 1 is 1.26 bits per heavy atom. The minimum Gasteiger partial charge on any atom is -0.454 e. The largest absolute Gasteiger partial charge is 0.454 e. The predicted molar refractivity (Wildman–Crippen MR) is 121 cm³/mol. The lowest BCUT2D eigenvalue weighted by atomic mass is 10.1. The Morgan fingerprint density at radius 3 is 2.56 bits per heavy atom. The van der Waals surface area contributed by atoms with Crippen molar-refractivity contribution in [2.45, 2.75) is 27.3 Å². The molecule has 3 rings (SSSR count). The fourth-order valence-corrected chi connectivity index (χ4v) is 3.62. The minimum atomic E-state index is -1.05. The SMILES string of the molecule is Cc1onc(-c2c(F)cccc2Cl)c1C(=O)OCC(=O)c1c(N)n(CC(C)C)c(=O)n(C)c1=O. The third-order valence-corrected chi connectivity index (χ3v) is 5.33. The van der Waals surface area contributed by atoms with Gasteiger partial charge in [-0.2, -0.15) is 0 Å². The van der Waals surface area contributed by atoms with E-state index in [4.69, 9.17) is 26.6 Å². The van der Waals surface area contributed by atoms with E-state index in [9.17, 15) is 23.6 Å². The van der Waals surface area contributed by atoms with Crippen LogP contribution in [0.4, 0.5) is 10.2 Å². The van der Waals surface area contributed by atoms with Gasteiger partial charge in [-0.05, 0) is 25.0 Å². The van der Waals surface area contributed by atoms with E-state index in [1.807, 2.05) is 13.8 Å². The fourth-order valence-electron chi connectivity index (χ4n) is 3.37. The summed E-state index contributed by atoms with van der Waals surface area (Å²) in [6.07, 6.45) is 0. The molecule has 10 nitrogen and oxygen atoms in total. The number of carbonyl (C=O) groups is 2. The first kappa shape index (κ1) is 24.9. The van der Waals surface area contributed by atoms with Crippen molar-refractivity contribution in [1.29, 1.82) is 0 Å². The zero-order valence-electron chi connectivity index (χ0n) is 18.8. The van der Waals surface area contributed by atoms with Gasteiger partial charge in [0.05, 0.1) is 10.6 Å². The molecule has 1 aromatic carbocycles. The lowest BCUT2D eigenvalue weighted by Gasteiger charge is -2.16. The summed E-state index contributed by atoms with van der Waals surface area (Å²) in [4.78, 5) is 50.5. The van der Waals surface area contributed by atoms with Crippen molar-refractivity contribution in [1.82, 2.24) is 14.3 Å². The van der Waals surface area contributed by atoms with Crippen LogP contribution in [0.2, 0.25) is 5.02 Å². The highest BCUT2D eigenvalue weighted by Crippen LogP contribution is 2.33. The Balaban J connectivity index is 1.93. The number of ether oxygens (including phenoxy) is 1. The van der Waals surface area contributed by atoms with Crippen molar-refractivity contribution >= 4 is 29.2 Å². The van der Waals surface area contributed by atoms with Gasteiger partial charge in [-0.1, -0.05) is 36.7 Å². The van der Waals surface area contributed by atoms with Crippen LogP contribution >= 0.6 is 11.6 Å². The molecule has 0 unspecified atom stereocenters. The number of hydrogen-bond acceptors (Lipinski definition) is 8. The molecule has 0 saturated carbocycles. The van der Waals surface area contributed by atoms with E-state index in [1.54, 1.807) is 0 Å². The fraction of sp³-hybridized carbons (Fsp3) is 0.318. The topological polar surface area (TPSA) is 139 Å². The molecule has 0 aliphatic heterocycles. The van der Waals surface area contributed by atoms with Crippen LogP contribution in [0.15, 0.2) is 32.3 Å². The van der Waals surface area contributed by atoms with E-state index in [2.05, 4.69) is 5.16 Å². The summed E-state index contributed by atoms with van der Waals surface area (Å²) in [6.45, 7) is 4.37. The first-order valence-electron chi connectivity index (χ1n) is 10.2. The highest BCUT2D eigenvalue weighted by atomic mass is 35.5. The molecule has 0 spiro atoms. The van der Waals surface area contributed by atoms with Crippen molar-refractivity contribution in [2.24, 2.45) is 13.0 Å². The number of hydrogen-bond donors (Lipinski definition) is 1. The molecule has 0 saturated heterocycles. The first-order chi connectivity index (χ1) is 16.0. The summed E-state index contributed by atoms with van der Waals surface area (Å²) in [5, 5.41) is 3.69. The maximum atomic E-state index is 14.4. The quantitative estimate of drug-likeness (QED) is 0.392. The third kappa shape index (κ3) is 4.51. The second-order valence-corrected chi connectivity index (χ2v) is 8.38. The van der Waals surface area contributed by atoms with Crippen LogP contribution in [0, 0.1) is 18.7 Å². The van der Waals surface area contributed by atoms with E-state index in [0.717, 1.165) is 15.2 Å². The summed E-state index contributed by atoms with van der Waals surface area (Å²) >= 11 is 6.06. The molecule has 0 aliphatic rings. The van der Waals surface area contributed by atoms with E-state index in [1.165, 1.54) is 26.1 Å². The van der Waals surface area contributed by atoms with Crippen molar-refractivity contribution in [2.75, 3.05) is 12.3 Å². The second-order valence-electron chi connectivity index (χ2n) is 7.97. The Morgan fingerprint density at radius 2 is 1.94 bits per heavy atom. The number of aromatic nitrogens is 3. The summed E-state index contributed by atoms with van der Waals surface area (Å²) in [7, 11) is 1.22. The Kier molecular flexibility index (Phi) is 7.06. The van der Waals surface area contributed by atoms with Crippen molar-refractivity contribution < 1.29 is 23.2 Å². The standard InChI is InChI=1S/C22H22ClFN4O6/c1-10(2)8-28-19(25)17(20(30)27(4)22(28)32)14(29)9-33-21(31)15-11(3)34-26-18(15)16-12(23)6-5-7-13(16)24/h5-7,10H,8-9,25H2,1-4H3. The molecule has 12 heteroatoms. The van der Waals surface area contributed by atoms with Gasteiger partial charge in [0.25, 0.3) is 5.56 Å². The van der Waals surface area contributed by atoms with Gasteiger partial charge in [-0.15, -0.1) is 0 Å². The van der Waals surface area contributed by atoms with Gasteiger partial charge in [0, 0.05) is 13.6 Å². The van der Waals surface area contributed by atoms with Crippen molar-refractivity contribution in [3.05, 3.63) is 66.8 Å². The van der Waals surface area contributed by atoms with Gasteiger partial charge < -0.3 is 15.0 Å². The molecule has 2 heterocycles. The van der Waals surface area contributed by atoms with E-state index < -0.39 is 41.0 Å². The maximum Gasteiger partial charge on any atom is 0.344 e. The molecule has 0 atom stereocenters. The van der Waals surface area contributed by atoms with Crippen LogP contribution in [0.3, 0.4) is 0 Å². The van der Waals surface area contributed by atoms with Crippen LogP contribution in [0.1, 0.15) is 40.3 Å². The van der Waals surface area contributed by atoms with Gasteiger partial charge in [0.2, 0.25) is 5.78 Å². The summed E-state index contributed by atoms with van der Waals surface area (Å²) in [5.74, 6) is -3.01. The molecular weight excluding hydrogens is 471 g/mol. The second kappa shape index (κ2) is 9.64. The lowest BCUT2D eigenvalue weighted by molar-refractivity contribution is 0.0473. The Bertz CT molecular complexity index is 1390. The zero-order chi connectivity index (χ0) is 25.3. The molecule has 0 radical (unpaired) electrons. The van der Waals surface area contributed by atoms with E-state index >= 15 is 0 Å². The van der Waals surface area contributed by atoms with Gasteiger partial charge in [-0.3, -0.25) is 18.7 Å². The third-order valence-electron chi connectivity index (χ3n) is 5.01. The number of carbonyl (C=O) groups excluding carboxylic acids is 2. The van der Waals surface area contributed by atoms with Crippen LogP contribution in [0.5, 0.6) is 0 Å². The van der Waals surface area contributed by atoms with Gasteiger partial charge in [0.1, 0.15) is 34.2 Å². The smallest absolute Gasteiger partial charge is 0.344 e. The van der Waals surface area contributed by atoms with Crippen molar-refractivity contribution in [3.8, 4) is 11.3 Å². The number of ketones is 1. The van der Waals surface area contributed by atoms with Crippen LogP contribution in [-0.2, 0) is 18.3 Å². The minimum absolute atomic E-state index is 0.00141. The molecular formula is C22H22ClFN4O6. The summed E-state index contributed by atoms with van der Waals surface area (Å²) < 4.78 is 26.3. The number of nitrogen functional groups attached to an aromatic ring is 1. The number of aryl methyl sites for hydroxylation is 1. The molecule has 2 N–H and O–H groups in total. The number of anilines is 1. The van der Waals surface area contributed by atoms with Gasteiger partial charge in [0.15, 0.2) is 6.61 Å². The summed E-state index contributed by atoms with van der Waals surface area (Å²) in [6, 6.07) is 3.93. The number of Topliss-reactive ketones (excluding diaryl/α,β-unsaturated/α-hetero) is 1. The molecule has 0 bridgehead atoms. The molecule has 3 aromatic rings. The van der Waals surface area contributed by atoms with Crippen LogP contribution < -0.4 is 17.0 Å². The summed E-state index contributed by atoms with van der Waals surface area (Å²) in [5.41, 5.74) is 3.31. The molecule has 0 aliphatic carbocycles. The molecule has 34 heavy (non-hydrogen) atoms. The number of esters is 1. The Hall–Kier alpha value is -3.73. The van der Waals surface area contributed by atoms with Crippen LogP contribution in [0.25, 0.3) is 11.3 Å². The predicted octanol–water partition coefficient (Wildman–Crippen LogP) is 2.58. The van der Waals surface area contributed by atoms with Gasteiger partial charge >= 0.3 is 11.7 Å². The van der Waals surface area contributed by atoms with Crippen LogP contribution in [-0.4, -0.2) is 32.7 Å². The van der Waals surface area contributed by atoms with E-state index in [0.29, 0.717) is 0 Å². The Labute approximate surface area is 197 Å².